The van der Waals surface area contributed by atoms with Crippen LogP contribution in [-0.2, 0) is 32.7 Å². The van der Waals surface area contributed by atoms with Gasteiger partial charge in [0.2, 0.25) is 0 Å². The van der Waals surface area contributed by atoms with E-state index in [1.807, 2.05) is 0 Å². The Morgan fingerprint density at radius 3 is 0.500 bits per heavy atom. The van der Waals surface area contributed by atoms with E-state index >= 15 is 0 Å². The van der Waals surface area contributed by atoms with Crippen molar-refractivity contribution >= 4 is 29.6 Å². The predicted molar refractivity (Wildman–Crippen MR) is 17.2 cm³/mol. The SMILES string of the molecule is F.F.F.F.[NaH].[Y]. The minimum atomic E-state index is 0. The molecule has 0 fully saturated rings. The zero-order valence-corrected chi connectivity index (χ0v) is 5.05. The maximum atomic E-state index is 0. The van der Waals surface area contributed by atoms with Crippen LogP contribution in [0.5, 0.6) is 0 Å². The molecule has 0 aliphatic heterocycles. The molecule has 6 heavy (non-hydrogen) atoms. The van der Waals surface area contributed by atoms with E-state index < -0.39 is 0 Å². The number of halogens is 4. The van der Waals surface area contributed by atoms with E-state index in [1.54, 1.807) is 0 Å². The number of hydrogen-bond donors (Lipinski definition) is 0. The summed E-state index contributed by atoms with van der Waals surface area (Å²) in [6.07, 6.45) is 0. The first-order valence-corrected chi connectivity index (χ1v) is 0. The van der Waals surface area contributed by atoms with Gasteiger partial charge < -0.3 is 0 Å². The van der Waals surface area contributed by atoms with Gasteiger partial charge in [-0.15, -0.1) is 0 Å². The molecule has 0 unspecified atom stereocenters. The van der Waals surface area contributed by atoms with Crippen LogP contribution in [0.25, 0.3) is 0 Å². The molecule has 0 nitrogen and oxygen atoms in total. The molecule has 0 aliphatic rings. The zero-order valence-electron chi connectivity index (χ0n) is 2.21. The van der Waals surface area contributed by atoms with Gasteiger partial charge in [-0.3, -0.25) is 18.8 Å². The molecule has 0 amide bonds. The van der Waals surface area contributed by atoms with Crippen LogP contribution in [0, 0.1) is 0 Å². The normalized spacial score (nSPS) is 0. The molecule has 1 radical (unpaired) electrons. The fourth-order valence-corrected chi connectivity index (χ4v) is 0. The van der Waals surface area contributed by atoms with Crippen LogP contribution in [0.3, 0.4) is 0 Å². The molecule has 0 saturated heterocycles. The molecule has 0 heterocycles. The smallest absolute Gasteiger partial charge is 0 e. The second-order valence-corrected chi connectivity index (χ2v) is 0. The Balaban J connectivity index is 0. The second-order valence-electron chi connectivity index (χ2n) is 0. The maximum absolute atomic E-state index is 0. The van der Waals surface area contributed by atoms with E-state index in [4.69, 9.17) is 0 Å². The van der Waals surface area contributed by atoms with Crippen molar-refractivity contribution in [2.24, 2.45) is 0 Å². The third-order valence-corrected chi connectivity index (χ3v) is 0. The molecular formula is H5F4NaY. The van der Waals surface area contributed by atoms with Crippen LogP contribution < -0.4 is 0 Å². The van der Waals surface area contributed by atoms with Crippen molar-refractivity contribution in [3.63, 3.8) is 0 Å². The van der Waals surface area contributed by atoms with Gasteiger partial charge in [-0.2, -0.15) is 0 Å². The number of hydrogen-bond acceptors (Lipinski definition) is 0. The van der Waals surface area contributed by atoms with E-state index in [0.29, 0.717) is 0 Å². The zero-order chi connectivity index (χ0) is 0. The van der Waals surface area contributed by atoms with E-state index in [9.17, 15) is 0 Å². The van der Waals surface area contributed by atoms with E-state index in [0.717, 1.165) is 0 Å². The average Bonchev–Trinajstić information content (AvgIpc) is 0. The summed E-state index contributed by atoms with van der Waals surface area (Å²) in [5.74, 6) is 0. The average molecular weight is 193 g/mol. The summed E-state index contributed by atoms with van der Waals surface area (Å²) < 4.78 is 0. The Bertz CT molecular complexity index is 7.51. The Hall–Kier alpha value is 1.82. The summed E-state index contributed by atoms with van der Waals surface area (Å²) >= 11 is 0. The van der Waals surface area contributed by atoms with Gasteiger partial charge in [-0.05, 0) is 0 Å². The summed E-state index contributed by atoms with van der Waals surface area (Å²) in [4.78, 5) is 0. The third-order valence-electron chi connectivity index (χ3n) is 0. The van der Waals surface area contributed by atoms with Crippen molar-refractivity contribution in [2.75, 3.05) is 0 Å². The van der Waals surface area contributed by atoms with Crippen molar-refractivity contribution in [1.82, 2.24) is 0 Å². The monoisotopic (exact) mass is 193 g/mol. The number of rotatable bonds is 0. The fraction of sp³-hybridized carbons (Fsp3) is 0. The topological polar surface area (TPSA) is 0 Å². The Morgan fingerprint density at radius 1 is 0.500 bits per heavy atom. The Kier molecular flexibility index (Phi) is 1270. The van der Waals surface area contributed by atoms with Crippen LogP contribution in [0.4, 0.5) is 18.8 Å². The van der Waals surface area contributed by atoms with Gasteiger partial charge in [0, 0.05) is 32.7 Å². The first kappa shape index (κ1) is 110. The van der Waals surface area contributed by atoms with Crippen LogP contribution in [0.1, 0.15) is 0 Å². The van der Waals surface area contributed by atoms with Gasteiger partial charge in [0.25, 0.3) is 0 Å². The largest absolute Gasteiger partial charge is 0 e. The third kappa shape index (κ3) is 40.7. The predicted octanol–water partition coefficient (Wildman–Crippen LogP) is -0.0410. The molecular weight excluding hydrogens is 188 g/mol. The summed E-state index contributed by atoms with van der Waals surface area (Å²) in [7, 11) is 0. The quantitative estimate of drug-likeness (QED) is 0.374. The summed E-state index contributed by atoms with van der Waals surface area (Å²) in [5, 5.41) is 0. The summed E-state index contributed by atoms with van der Waals surface area (Å²) in [6, 6.07) is 0. The standard InChI is InChI=1S/4FH.Na.Y.H/h4*1H;;;. The van der Waals surface area contributed by atoms with Crippen LogP contribution in [-0.4, -0.2) is 29.6 Å². The summed E-state index contributed by atoms with van der Waals surface area (Å²) in [5.41, 5.74) is 0. The van der Waals surface area contributed by atoms with Gasteiger partial charge in [-0.1, -0.05) is 0 Å². The van der Waals surface area contributed by atoms with Gasteiger partial charge in [0.1, 0.15) is 0 Å². The molecule has 0 atom stereocenters. The molecule has 0 N–H and O–H groups in total. The molecule has 6 heteroatoms. The maximum Gasteiger partial charge on any atom is 0 e. The first-order chi connectivity index (χ1) is 0. The van der Waals surface area contributed by atoms with Crippen LogP contribution in [0.15, 0.2) is 0 Å². The Labute approximate surface area is 80.1 Å². The minimum absolute atomic E-state index is 0. The van der Waals surface area contributed by atoms with Gasteiger partial charge in [-0.25, -0.2) is 0 Å². The molecule has 0 saturated carbocycles. The molecule has 0 aromatic carbocycles. The molecule has 0 spiro atoms. The first-order valence-electron chi connectivity index (χ1n) is 0. The van der Waals surface area contributed by atoms with Gasteiger partial charge in [0.05, 0.1) is 0 Å². The van der Waals surface area contributed by atoms with Gasteiger partial charge >= 0.3 is 29.6 Å². The van der Waals surface area contributed by atoms with Crippen molar-refractivity contribution in [2.45, 2.75) is 0 Å². The van der Waals surface area contributed by atoms with Crippen LogP contribution in [0.2, 0.25) is 0 Å². The van der Waals surface area contributed by atoms with Crippen LogP contribution >= 0.6 is 0 Å². The molecule has 0 aromatic rings. The van der Waals surface area contributed by atoms with Gasteiger partial charge in [0.15, 0.2) is 0 Å². The fourth-order valence-electron chi connectivity index (χ4n) is 0. The van der Waals surface area contributed by atoms with Crippen molar-refractivity contribution in [3.05, 3.63) is 0 Å². The van der Waals surface area contributed by atoms with Crippen molar-refractivity contribution < 1.29 is 51.5 Å². The molecule has 37 valence electrons. The molecule has 0 bridgehead atoms. The molecule has 0 aromatic heterocycles. The summed E-state index contributed by atoms with van der Waals surface area (Å²) in [6.45, 7) is 0. The molecule has 0 rings (SSSR count). The van der Waals surface area contributed by atoms with E-state index in [-0.39, 0.29) is 81.1 Å². The second kappa shape index (κ2) is 69.6. The Morgan fingerprint density at radius 2 is 0.500 bits per heavy atom. The van der Waals surface area contributed by atoms with Crippen molar-refractivity contribution in [3.8, 4) is 0 Å². The van der Waals surface area contributed by atoms with E-state index in [1.165, 1.54) is 0 Å². The van der Waals surface area contributed by atoms with Crippen molar-refractivity contribution in [1.29, 1.82) is 0 Å². The van der Waals surface area contributed by atoms with E-state index in [2.05, 4.69) is 0 Å². The molecule has 0 aliphatic carbocycles. The minimum Gasteiger partial charge on any atom is 0 e.